The van der Waals surface area contributed by atoms with E-state index in [1.165, 1.54) is 12.1 Å². The average Bonchev–Trinajstić information content (AvgIpc) is 2.26. The number of sulfonamides is 1. The predicted molar refractivity (Wildman–Crippen MR) is 64.6 cm³/mol. The topological polar surface area (TPSA) is 58.2 Å². The number of nitrogens with one attached hydrogen (secondary N) is 2. The largest absolute Gasteiger partial charge is 0.316 e. The van der Waals surface area contributed by atoms with Crippen molar-refractivity contribution in [2.45, 2.75) is 24.8 Å². The summed E-state index contributed by atoms with van der Waals surface area (Å²) in [5.41, 5.74) is 0.708. The first-order valence-corrected chi connectivity index (χ1v) is 6.92. The molecule has 0 aliphatic carbocycles. The molecule has 96 valence electrons. The van der Waals surface area contributed by atoms with Crippen LogP contribution in [-0.4, -0.2) is 22.0 Å². The van der Waals surface area contributed by atoms with Crippen LogP contribution in [0.2, 0.25) is 0 Å². The molecule has 0 atom stereocenters. The molecule has 0 spiro atoms. The minimum absolute atomic E-state index is 0.300. The smallest absolute Gasteiger partial charge is 0.243 e. The summed E-state index contributed by atoms with van der Waals surface area (Å²) >= 11 is 0. The van der Waals surface area contributed by atoms with Crippen LogP contribution in [0.15, 0.2) is 23.1 Å². The summed E-state index contributed by atoms with van der Waals surface area (Å²) in [6.07, 6.45) is 0.665. The summed E-state index contributed by atoms with van der Waals surface area (Å²) in [6.45, 7) is 2.65. The van der Waals surface area contributed by atoms with Crippen molar-refractivity contribution in [3.8, 4) is 0 Å². The first kappa shape index (κ1) is 14.1. The standard InChI is InChI=1S/C11H17FN2O2S/c1-3-6-14-17(15,16)11-5-4-9(8-13-2)7-10(11)12/h4-5,7,13-14H,3,6,8H2,1-2H3. The Kier molecular flexibility index (Phi) is 5.04. The van der Waals surface area contributed by atoms with E-state index in [-0.39, 0.29) is 4.90 Å². The Bertz CT molecular complexity index is 474. The molecule has 1 rings (SSSR count). The second kappa shape index (κ2) is 6.09. The lowest BCUT2D eigenvalue weighted by molar-refractivity contribution is 0.555. The lowest BCUT2D eigenvalue weighted by Gasteiger charge is -2.08. The summed E-state index contributed by atoms with van der Waals surface area (Å²) in [5, 5.41) is 2.87. The van der Waals surface area contributed by atoms with Crippen LogP contribution in [0.5, 0.6) is 0 Å². The van der Waals surface area contributed by atoms with E-state index in [0.717, 1.165) is 0 Å². The quantitative estimate of drug-likeness (QED) is 0.809. The molecule has 0 unspecified atom stereocenters. The minimum Gasteiger partial charge on any atom is -0.316 e. The van der Waals surface area contributed by atoms with Crippen molar-refractivity contribution in [2.75, 3.05) is 13.6 Å². The van der Waals surface area contributed by atoms with Gasteiger partial charge in [-0.05, 0) is 31.2 Å². The summed E-state index contributed by atoms with van der Waals surface area (Å²) in [4.78, 5) is -0.300. The molecule has 0 aliphatic rings. The molecule has 0 heterocycles. The van der Waals surface area contributed by atoms with Gasteiger partial charge < -0.3 is 5.32 Å². The van der Waals surface area contributed by atoms with E-state index < -0.39 is 15.8 Å². The number of benzene rings is 1. The van der Waals surface area contributed by atoms with E-state index in [9.17, 15) is 12.8 Å². The molecule has 0 saturated heterocycles. The van der Waals surface area contributed by atoms with Crippen LogP contribution in [0.3, 0.4) is 0 Å². The molecule has 0 radical (unpaired) electrons. The molecule has 4 nitrogen and oxygen atoms in total. The van der Waals surface area contributed by atoms with Gasteiger partial charge in [-0.15, -0.1) is 0 Å². The molecule has 1 aromatic rings. The van der Waals surface area contributed by atoms with Gasteiger partial charge in [0.2, 0.25) is 10.0 Å². The van der Waals surface area contributed by atoms with Crippen LogP contribution in [0.25, 0.3) is 0 Å². The fourth-order valence-electron chi connectivity index (χ4n) is 1.39. The first-order valence-electron chi connectivity index (χ1n) is 5.44. The monoisotopic (exact) mass is 260 g/mol. The zero-order valence-electron chi connectivity index (χ0n) is 9.96. The Balaban J connectivity index is 2.99. The maximum atomic E-state index is 13.6. The van der Waals surface area contributed by atoms with Gasteiger partial charge in [-0.2, -0.15) is 0 Å². The van der Waals surface area contributed by atoms with Gasteiger partial charge in [0.1, 0.15) is 10.7 Å². The van der Waals surface area contributed by atoms with Gasteiger partial charge >= 0.3 is 0 Å². The Morgan fingerprint density at radius 1 is 1.35 bits per heavy atom. The highest BCUT2D eigenvalue weighted by Crippen LogP contribution is 2.15. The van der Waals surface area contributed by atoms with Crippen molar-refractivity contribution in [3.05, 3.63) is 29.6 Å². The molecule has 6 heteroatoms. The van der Waals surface area contributed by atoms with E-state index in [1.807, 2.05) is 6.92 Å². The normalized spacial score (nSPS) is 11.7. The molecule has 1 aromatic carbocycles. The maximum Gasteiger partial charge on any atom is 0.243 e. The third-order valence-electron chi connectivity index (χ3n) is 2.21. The fourth-order valence-corrected chi connectivity index (χ4v) is 2.58. The Hall–Kier alpha value is -0.980. The van der Waals surface area contributed by atoms with Gasteiger partial charge in [0.25, 0.3) is 0 Å². The Morgan fingerprint density at radius 3 is 2.59 bits per heavy atom. The van der Waals surface area contributed by atoms with E-state index >= 15 is 0 Å². The second-order valence-electron chi connectivity index (χ2n) is 3.69. The van der Waals surface area contributed by atoms with Crippen molar-refractivity contribution in [1.29, 1.82) is 0 Å². The zero-order valence-corrected chi connectivity index (χ0v) is 10.8. The first-order chi connectivity index (χ1) is 8.01. The SMILES string of the molecule is CCCNS(=O)(=O)c1ccc(CNC)cc1F. The van der Waals surface area contributed by atoms with E-state index in [2.05, 4.69) is 10.0 Å². The number of rotatable bonds is 6. The Labute approximate surface area is 101 Å². The van der Waals surface area contributed by atoms with Crippen molar-refractivity contribution < 1.29 is 12.8 Å². The second-order valence-corrected chi connectivity index (χ2v) is 5.43. The van der Waals surface area contributed by atoms with Gasteiger partial charge in [-0.1, -0.05) is 13.0 Å². The third kappa shape index (κ3) is 3.76. The highest BCUT2D eigenvalue weighted by Gasteiger charge is 2.18. The predicted octanol–water partition coefficient (Wildman–Crippen LogP) is 1.23. The van der Waals surface area contributed by atoms with Crippen LogP contribution in [0.1, 0.15) is 18.9 Å². The number of hydrogen-bond donors (Lipinski definition) is 2. The fraction of sp³-hybridized carbons (Fsp3) is 0.455. The molecule has 0 saturated carbocycles. The summed E-state index contributed by atoms with van der Waals surface area (Å²) in [6, 6.07) is 4.12. The number of halogens is 1. The lowest BCUT2D eigenvalue weighted by Crippen LogP contribution is -2.25. The molecule has 0 aliphatic heterocycles. The molecule has 0 bridgehead atoms. The van der Waals surface area contributed by atoms with Crippen molar-refractivity contribution >= 4 is 10.0 Å². The van der Waals surface area contributed by atoms with Crippen molar-refractivity contribution in [1.82, 2.24) is 10.0 Å². The van der Waals surface area contributed by atoms with Crippen LogP contribution in [0.4, 0.5) is 4.39 Å². The molecule has 0 fully saturated rings. The summed E-state index contributed by atoms with van der Waals surface area (Å²) in [5.74, 6) is -0.721. The van der Waals surface area contributed by atoms with Gasteiger partial charge in [-0.3, -0.25) is 0 Å². The number of hydrogen-bond acceptors (Lipinski definition) is 3. The Morgan fingerprint density at radius 2 is 2.06 bits per heavy atom. The molecule has 2 N–H and O–H groups in total. The zero-order chi connectivity index (χ0) is 12.9. The van der Waals surface area contributed by atoms with E-state index in [0.29, 0.717) is 25.1 Å². The van der Waals surface area contributed by atoms with Crippen LogP contribution in [0, 0.1) is 5.82 Å². The third-order valence-corrected chi connectivity index (χ3v) is 3.70. The van der Waals surface area contributed by atoms with Crippen molar-refractivity contribution in [2.24, 2.45) is 0 Å². The van der Waals surface area contributed by atoms with E-state index in [1.54, 1.807) is 13.1 Å². The van der Waals surface area contributed by atoms with Gasteiger partial charge in [-0.25, -0.2) is 17.5 Å². The average molecular weight is 260 g/mol. The highest BCUT2D eigenvalue weighted by atomic mass is 32.2. The molecule has 0 amide bonds. The van der Waals surface area contributed by atoms with Gasteiger partial charge in [0.05, 0.1) is 0 Å². The maximum absolute atomic E-state index is 13.6. The summed E-state index contributed by atoms with van der Waals surface area (Å²) in [7, 11) is -1.99. The molecule has 0 aromatic heterocycles. The van der Waals surface area contributed by atoms with Crippen LogP contribution >= 0.6 is 0 Å². The highest BCUT2D eigenvalue weighted by molar-refractivity contribution is 7.89. The van der Waals surface area contributed by atoms with E-state index in [4.69, 9.17) is 0 Å². The molecular formula is C11H17FN2O2S. The minimum atomic E-state index is -3.73. The van der Waals surface area contributed by atoms with Gasteiger partial charge in [0, 0.05) is 13.1 Å². The van der Waals surface area contributed by atoms with Crippen LogP contribution < -0.4 is 10.0 Å². The van der Waals surface area contributed by atoms with Gasteiger partial charge in [0.15, 0.2) is 0 Å². The van der Waals surface area contributed by atoms with Crippen molar-refractivity contribution in [3.63, 3.8) is 0 Å². The van der Waals surface area contributed by atoms with Crippen LogP contribution in [-0.2, 0) is 16.6 Å². The lowest BCUT2D eigenvalue weighted by atomic mass is 10.2. The summed E-state index contributed by atoms with van der Waals surface area (Å²) < 4.78 is 39.4. The molecule has 17 heavy (non-hydrogen) atoms. The molecular weight excluding hydrogens is 243 g/mol.